The van der Waals surface area contributed by atoms with Gasteiger partial charge in [0.05, 0.1) is 0 Å². The van der Waals surface area contributed by atoms with Gasteiger partial charge in [-0.15, -0.1) is 0 Å². The molecule has 2 fully saturated rings. The van der Waals surface area contributed by atoms with E-state index < -0.39 is 0 Å². The summed E-state index contributed by atoms with van der Waals surface area (Å²) < 4.78 is 0. The summed E-state index contributed by atoms with van der Waals surface area (Å²) in [6, 6.07) is 0.373. The fraction of sp³-hybridized carbons (Fsp3) is 0.933. The highest BCUT2D eigenvalue weighted by atomic mass is 16.1. The largest absolute Gasteiger partial charge is 0.352 e. The topological polar surface area (TPSA) is 41.1 Å². The van der Waals surface area contributed by atoms with Crippen LogP contribution in [0.2, 0.25) is 0 Å². The monoisotopic (exact) mass is 252 g/mol. The third-order valence-corrected chi connectivity index (χ3v) is 4.61. The Bertz CT molecular complexity index is 255. The Labute approximate surface area is 111 Å². The molecule has 0 radical (unpaired) electrons. The van der Waals surface area contributed by atoms with Crippen LogP contribution < -0.4 is 10.6 Å². The zero-order valence-corrected chi connectivity index (χ0v) is 11.7. The molecule has 0 bridgehead atoms. The second-order valence-corrected chi connectivity index (χ2v) is 6.04. The molecule has 0 aromatic rings. The van der Waals surface area contributed by atoms with Crippen molar-refractivity contribution in [3.05, 3.63) is 0 Å². The molecule has 3 nitrogen and oxygen atoms in total. The van der Waals surface area contributed by atoms with Crippen molar-refractivity contribution in [2.75, 3.05) is 13.1 Å². The number of hydrogen-bond donors (Lipinski definition) is 2. The van der Waals surface area contributed by atoms with Gasteiger partial charge in [0.2, 0.25) is 5.91 Å². The van der Waals surface area contributed by atoms with Crippen molar-refractivity contribution in [2.24, 2.45) is 11.8 Å². The molecule has 104 valence electrons. The molecule has 18 heavy (non-hydrogen) atoms. The molecule has 2 rings (SSSR count). The molecule has 0 aromatic carbocycles. The van der Waals surface area contributed by atoms with Crippen LogP contribution in [0.3, 0.4) is 0 Å². The van der Waals surface area contributed by atoms with Crippen LogP contribution in [0.4, 0.5) is 0 Å². The fourth-order valence-corrected chi connectivity index (χ4v) is 3.38. The number of amides is 1. The summed E-state index contributed by atoms with van der Waals surface area (Å²) in [6.45, 7) is 4.15. The highest BCUT2D eigenvalue weighted by molar-refractivity contribution is 5.79. The molecule has 0 spiro atoms. The van der Waals surface area contributed by atoms with Crippen molar-refractivity contribution in [3.63, 3.8) is 0 Å². The van der Waals surface area contributed by atoms with Gasteiger partial charge in [0.15, 0.2) is 0 Å². The van der Waals surface area contributed by atoms with Gasteiger partial charge in [-0.1, -0.05) is 39.0 Å². The van der Waals surface area contributed by atoms with Crippen LogP contribution in [0, 0.1) is 11.8 Å². The van der Waals surface area contributed by atoms with E-state index in [0.717, 1.165) is 38.3 Å². The molecule has 0 aromatic heterocycles. The Kier molecular flexibility index (Phi) is 5.48. The maximum absolute atomic E-state index is 12.3. The van der Waals surface area contributed by atoms with Crippen LogP contribution in [0.15, 0.2) is 0 Å². The van der Waals surface area contributed by atoms with Gasteiger partial charge in [-0.05, 0) is 31.7 Å². The molecule has 2 unspecified atom stereocenters. The van der Waals surface area contributed by atoms with E-state index >= 15 is 0 Å². The number of carbonyl (C=O) groups is 1. The molecule has 2 atom stereocenters. The SMILES string of the molecule is CCC(CC1CCCCC1)C(=O)NC1CCNC1. The summed E-state index contributed by atoms with van der Waals surface area (Å²) in [5.41, 5.74) is 0. The lowest BCUT2D eigenvalue weighted by Crippen LogP contribution is -2.40. The van der Waals surface area contributed by atoms with E-state index in [0.29, 0.717) is 11.9 Å². The second kappa shape index (κ2) is 7.13. The molecule has 1 amide bonds. The summed E-state index contributed by atoms with van der Waals surface area (Å²) in [5, 5.41) is 6.52. The summed E-state index contributed by atoms with van der Waals surface area (Å²) in [5.74, 6) is 1.35. The molecule has 1 saturated carbocycles. The molecule has 2 N–H and O–H groups in total. The van der Waals surface area contributed by atoms with E-state index in [9.17, 15) is 4.79 Å². The third-order valence-electron chi connectivity index (χ3n) is 4.61. The van der Waals surface area contributed by atoms with Gasteiger partial charge in [0, 0.05) is 18.5 Å². The first-order valence-electron chi connectivity index (χ1n) is 7.80. The van der Waals surface area contributed by atoms with E-state index in [-0.39, 0.29) is 5.92 Å². The Balaban J connectivity index is 1.76. The van der Waals surface area contributed by atoms with Crippen molar-refractivity contribution in [2.45, 2.75) is 64.3 Å². The maximum atomic E-state index is 12.3. The molecule has 2 aliphatic rings. The minimum absolute atomic E-state index is 0.244. The van der Waals surface area contributed by atoms with E-state index in [1.165, 1.54) is 32.1 Å². The summed E-state index contributed by atoms with van der Waals surface area (Å²) in [6.07, 6.45) is 10.0. The van der Waals surface area contributed by atoms with Crippen LogP contribution in [-0.4, -0.2) is 25.0 Å². The van der Waals surface area contributed by atoms with Gasteiger partial charge in [0.1, 0.15) is 0 Å². The quantitative estimate of drug-likeness (QED) is 0.789. The maximum Gasteiger partial charge on any atom is 0.223 e. The lowest BCUT2D eigenvalue weighted by Gasteiger charge is -2.26. The molecular formula is C15H28N2O. The zero-order chi connectivity index (χ0) is 12.8. The predicted octanol–water partition coefficient (Wildman–Crippen LogP) is 2.46. The van der Waals surface area contributed by atoms with Crippen molar-refractivity contribution < 1.29 is 4.79 Å². The fourth-order valence-electron chi connectivity index (χ4n) is 3.38. The lowest BCUT2D eigenvalue weighted by atomic mass is 9.81. The second-order valence-electron chi connectivity index (χ2n) is 6.04. The van der Waals surface area contributed by atoms with Crippen LogP contribution in [0.1, 0.15) is 58.3 Å². The van der Waals surface area contributed by atoms with Crippen molar-refractivity contribution >= 4 is 5.91 Å². The number of rotatable bonds is 5. The van der Waals surface area contributed by atoms with Crippen LogP contribution in [-0.2, 0) is 4.79 Å². The number of nitrogens with one attached hydrogen (secondary N) is 2. The standard InChI is InChI=1S/C15H28N2O/c1-2-13(10-12-6-4-3-5-7-12)15(18)17-14-8-9-16-11-14/h12-14,16H,2-11H2,1H3,(H,17,18). The summed E-state index contributed by atoms with van der Waals surface area (Å²) in [7, 11) is 0. The normalized spacial score (nSPS) is 27.1. The zero-order valence-electron chi connectivity index (χ0n) is 11.7. The van der Waals surface area contributed by atoms with Gasteiger partial charge < -0.3 is 10.6 Å². The van der Waals surface area contributed by atoms with Crippen LogP contribution in [0.5, 0.6) is 0 Å². The first kappa shape index (κ1) is 13.9. The Hall–Kier alpha value is -0.570. The average Bonchev–Trinajstić information content (AvgIpc) is 2.90. The Morgan fingerprint density at radius 2 is 2.06 bits per heavy atom. The molecule has 1 aliphatic heterocycles. The minimum Gasteiger partial charge on any atom is -0.352 e. The van der Waals surface area contributed by atoms with Crippen molar-refractivity contribution in [1.82, 2.24) is 10.6 Å². The van der Waals surface area contributed by atoms with Crippen molar-refractivity contribution in [1.29, 1.82) is 0 Å². The van der Waals surface area contributed by atoms with E-state index in [1.807, 2.05) is 0 Å². The van der Waals surface area contributed by atoms with Gasteiger partial charge >= 0.3 is 0 Å². The molecule has 1 heterocycles. The molecule has 1 aliphatic carbocycles. The number of carbonyl (C=O) groups excluding carboxylic acids is 1. The van der Waals surface area contributed by atoms with Crippen LogP contribution >= 0.6 is 0 Å². The predicted molar refractivity (Wildman–Crippen MR) is 74.4 cm³/mol. The van der Waals surface area contributed by atoms with Crippen LogP contribution in [0.25, 0.3) is 0 Å². The van der Waals surface area contributed by atoms with Crippen molar-refractivity contribution in [3.8, 4) is 0 Å². The van der Waals surface area contributed by atoms with Gasteiger partial charge in [-0.25, -0.2) is 0 Å². The van der Waals surface area contributed by atoms with Gasteiger partial charge in [-0.2, -0.15) is 0 Å². The third kappa shape index (κ3) is 3.98. The lowest BCUT2D eigenvalue weighted by molar-refractivity contribution is -0.126. The Morgan fingerprint density at radius 3 is 2.67 bits per heavy atom. The van der Waals surface area contributed by atoms with E-state index in [4.69, 9.17) is 0 Å². The Morgan fingerprint density at radius 1 is 1.28 bits per heavy atom. The molecule has 1 saturated heterocycles. The minimum atomic E-state index is 0.244. The number of hydrogen-bond acceptors (Lipinski definition) is 2. The van der Waals surface area contributed by atoms with E-state index in [1.54, 1.807) is 0 Å². The smallest absolute Gasteiger partial charge is 0.223 e. The van der Waals surface area contributed by atoms with Gasteiger partial charge in [0.25, 0.3) is 0 Å². The first-order chi connectivity index (χ1) is 8.79. The highest BCUT2D eigenvalue weighted by Crippen LogP contribution is 2.30. The van der Waals surface area contributed by atoms with E-state index in [2.05, 4.69) is 17.6 Å². The first-order valence-corrected chi connectivity index (χ1v) is 7.80. The molecular weight excluding hydrogens is 224 g/mol. The summed E-state index contributed by atoms with van der Waals surface area (Å²) in [4.78, 5) is 12.3. The van der Waals surface area contributed by atoms with Gasteiger partial charge in [-0.3, -0.25) is 4.79 Å². The highest BCUT2D eigenvalue weighted by Gasteiger charge is 2.25. The summed E-state index contributed by atoms with van der Waals surface area (Å²) >= 11 is 0. The average molecular weight is 252 g/mol. The molecule has 3 heteroatoms.